The minimum Gasteiger partial charge on any atom is -0.388 e. The van der Waals surface area contributed by atoms with Crippen molar-refractivity contribution in [3.63, 3.8) is 0 Å². The van der Waals surface area contributed by atoms with E-state index in [-0.39, 0.29) is 17.5 Å². The summed E-state index contributed by atoms with van der Waals surface area (Å²) in [6.45, 7) is 3.43. The van der Waals surface area contributed by atoms with Gasteiger partial charge in [-0.1, -0.05) is 30.3 Å². The van der Waals surface area contributed by atoms with Crippen LogP contribution in [-0.2, 0) is 9.59 Å². The maximum atomic E-state index is 12.5. The minimum absolute atomic E-state index is 0.00248. The molecule has 1 N–H and O–H groups in total. The van der Waals surface area contributed by atoms with E-state index in [1.807, 2.05) is 37.3 Å². The maximum Gasteiger partial charge on any atom is 0.141 e. The normalized spacial score (nSPS) is 38.4. The first-order valence-electron chi connectivity index (χ1n) is 8.21. The van der Waals surface area contributed by atoms with Crippen LogP contribution in [0.4, 0.5) is 0 Å². The second-order valence-electron chi connectivity index (χ2n) is 7.18. The lowest BCUT2D eigenvalue weighted by Gasteiger charge is -2.56. The molecular formula is C19H24O3. The van der Waals surface area contributed by atoms with Crippen molar-refractivity contribution < 1.29 is 14.7 Å². The van der Waals surface area contributed by atoms with Crippen molar-refractivity contribution in [1.29, 1.82) is 0 Å². The summed E-state index contributed by atoms with van der Waals surface area (Å²) in [5.74, 6) is -0.364. The number of hydrogen-bond acceptors (Lipinski definition) is 3. The first kappa shape index (κ1) is 15.4. The zero-order chi connectivity index (χ0) is 16.0. The van der Waals surface area contributed by atoms with Gasteiger partial charge in [-0.25, -0.2) is 0 Å². The summed E-state index contributed by atoms with van der Waals surface area (Å²) in [4.78, 5) is 24.9. The molecule has 3 nitrogen and oxygen atoms in total. The molecule has 0 heterocycles. The fourth-order valence-electron chi connectivity index (χ4n) is 4.79. The summed E-state index contributed by atoms with van der Waals surface area (Å²) >= 11 is 0. The quantitative estimate of drug-likeness (QED) is 0.912. The number of carbonyl (C=O) groups is 2. The van der Waals surface area contributed by atoms with Crippen molar-refractivity contribution in [1.82, 2.24) is 0 Å². The van der Waals surface area contributed by atoms with Crippen LogP contribution >= 0.6 is 0 Å². The third-order valence-electron chi connectivity index (χ3n) is 6.07. The molecule has 22 heavy (non-hydrogen) atoms. The third-order valence-corrected chi connectivity index (χ3v) is 6.07. The molecule has 3 heteroatoms. The maximum absolute atomic E-state index is 12.5. The first-order chi connectivity index (χ1) is 10.4. The Balaban J connectivity index is 2.08. The summed E-state index contributed by atoms with van der Waals surface area (Å²) < 4.78 is 0. The average Bonchev–Trinajstić information content (AvgIpc) is 2.49. The third kappa shape index (κ3) is 2.06. The van der Waals surface area contributed by atoms with E-state index < -0.39 is 16.9 Å². The first-order valence-corrected chi connectivity index (χ1v) is 8.21. The van der Waals surface area contributed by atoms with Gasteiger partial charge < -0.3 is 5.11 Å². The molecule has 3 rings (SSSR count). The number of fused-ring (bicyclic) bond motifs is 1. The smallest absolute Gasteiger partial charge is 0.141 e. The molecule has 1 aromatic carbocycles. The fraction of sp³-hybridized carbons (Fsp3) is 0.579. The fourth-order valence-corrected chi connectivity index (χ4v) is 4.79. The number of hydrogen-bond donors (Lipinski definition) is 1. The standard InChI is InChI=1S/C19H24O3/c1-13(20)17-15(14-7-4-3-5-8-14)10-12-18(2)16(21)9-6-11-19(17,18)22/h3-5,7-8,15,17,22H,6,9-12H2,1-2H3/t15-,17-,18+,19-/m1/s1. The Bertz CT molecular complexity index is 594. The predicted molar refractivity (Wildman–Crippen MR) is 84.5 cm³/mol. The highest BCUT2D eigenvalue weighted by Gasteiger charge is 2.62. The molecule has 0 radical (unpaired) electrons. The van der Waals surface area contributed by atoms with E-state index in [0.717, 1.165) is 12.0 Å². The van der Waals surface area contributed by atoms with Crippen LogP contribution in [0.5, 0.6) is 0 Å². The molecule has 2 fully saturated rings. The molecular weight excluding hydrogens is 276 g/mol. The summed E-state index contributed by atoms with van der Waals surface area (Å²) in [6, 6.07) is 9.94. The Morgan fingerprint density at radius 2 is 1.91 bits per heavy atom. The van der Waals surface area contributed by atoms with Crippen molar-refractivity contribution in [2.45, 2.75) is 57.5 Å². The van der Waals surface area contributed by atoms with Crippen molar-refractivity contribution in [3.8, 4) is 0 Å². The molecule has 2 aliphatic carbocycles. The van der Waals surface area contributed by atoms with Crippen LogP contribution in [0.25, 0.3) is 0 Å². The van der Waals surface area contributed by atoms with Crippen molar-refractivity contribution in [2.24, 2.45) is 11.3 Å². The SMILES string of the molecule is CC(=O)[C@@H]1[C@@H](c2ccccc2)CC[C@@]2(C)C(=O)CCC[C@@]12O. The topological polar surface area (TPSA) is 54.4 Å². The van der Waals surface area contributed by atoms with Gasteiger partial charge in [-0.3, -0.25) is 9.59 Å². The van der Waals surface area contributed by atoms with Gasteiger partial charge in [-0.2, -0.15) is 0 Å². The second kappa shape index (κ2) is 5.31. The van der Waals surface area contributed by atoms with Crippen LogP contribution in [0.3, 0.4) is 0 Å². The van der Waals surface area contributed by atoms with Crippen LogP contribution in [0.1, 0.15) is 57.4 Å². The summed E-state index contributed by atoms with van der Waals surface area (Å²) in [7, 11) is 0. The Morgan fingerprint density at radius 3 is 2.55 bits per heavy atom. The highest BCUT2D eigenvalue weighted by atomic mass is 16.3. The van der Waals surface area contributed by atoms with Crippen LogP contribution in [0.15, 0.2) is 30.3 Å². The van der Waals surface area contributed by atoms with Gasteiger partial charge in [0.15, 0.2) is 0 Å². The summed E-state index contributed by atoms with van der Waals surface area (Å²) in [5.41, 5.74) is -0.879. The Hall–Kier alpha value is -1.48. The average molecular weight is 300 g/mol. The molecule has 0 spiro atoms. The molecule has 0 saturated heterocycles. The molecule has 1 aromatic rings. The van der Waals surface area contributed by atoms with Gasteiger partial charge in [0, 0.05) is 6.42 Å². The zero-order valence-electron chi connectivity index (χ0n) is 13.3. The molecule has 0 bridgehead atoms. The molecule has 0 unspecified atom stereocenters. The highest BCUT2D eigenvalue weighted by Crippen LogP contribution is 2.58. The van der Waals surface area contributed by atoms with Crippen LogP contribution in [0.2, 0.25) is 0 Å². The number of carbonyl (C=O) groups excluding carboxylic acids is 2. The molecule has 2 saturated carbocycles. The van der Waals surface area contributed by atoms with E-state index in [9.17, 15) is 14.7 Å². The largest absolute Gasteiger partial charge is 0.388 e. The van der Waals surface area contributed by atoms with Gasteiger partial charge in [-0.15, -0.1) is 0 Å². The molecule has 118 valence electrons. The lowest BCUT2D eigenvalue weighted by atomic mass is 9.49. The lowest BCUT2D eigenvalue weighted by Crippen LogP contribution is -2.63. The van der Waals surface area contributed by atoms with E-state index >= 15 is 0 Å². The Morgan fingerprint density at radius 1 is 1.23 bits per heavy atom. The summed E-state index contributed by atoms with van der Waals surface area (Å²) in [5, 5.41) is 11.4. The number of benzene rings is 1. The number of ketones is 2. The van der Waals surface area contributed by atoms with Gasteiger partial charge in [0.05, 0.1) is 16.9 Å². The molecule has 0 amide bonds. The van der Waals surface area contributed by atoms with Gasteiger partial charge in [0.1, 0.15) is 11.6 Å². The Labute approximate surface area is 131 Å². The summed E-state index contributed by atoms with van der Waals surface area (Å²) in [6.07, 6.45) is 3.18. The van der Waals surface area contributed by atoms with E-state index in [1.54, 1.807) is 6.92 Å². The van der Waals surface area contributed by atoms with Gasteiger partial charge >= 0.3 is 0 Å². The van der Waals surface area contributed by atoms with Crippen molar-refractivity contribution >= 4 is 11.6 Å². The molecule has 4 atom stereocenters. The van der Waals surface area contributed by atoms with Crippen LogP contribution in [0, 0.1) is 11.3 Å². The molecule has 2 aliphatic rings. The number of rotatable bonds is 2. The monoisotopic (exact) mass is 300 g/mol. The second-order valence-corrected chi connectivity index (χ2v) is 7.18. The number of aliphatic hydroxyl groups is 1. The van der Waals surface area contributed by atoms with Crippen molar-refractivity contribution in [3.05, 3.63) is 35.9 Å². The molecule has 0 aromatic heterocycles. The van der Waals surface area contributed by atoms with Gasteiger partial charge in [-0.05, 0) is 51.0 Å². The van der Waals surface area contributed by atoms with E-state index in [0.29, 0.717) is 25.7 Å². The van der Waals surface area contributed by atoms with Crippen LogP contribution in [-0.4, -0.2) is 22.3 Å². The van der Waals surface area contributed by atoms with Crippen molar-refractivity contribution in [2.75, 3.05) is 0 Å². The number of Topliss-reactive ketones (excluding diaryl/α,β-unsaturated/α-hetero) is 2. The van der Waals surface area contributed by atoms with E-state index in [1.165, 1.54) is 0 Å². The van der Waals surface area contributed by atoms with Crippen LogP contribution < -0.4 is 0 Å². The van der Waals surface area contributed by atoms with E-state index in [4.69, 9.17) is 0 Å². The zero-order valence-corrected chi connectivity index (χ0v) is 13.3. The minimum atomic E-state index is -1.20. The predicted octanol–water partition coefficient (Wildman–Crippen LogP) is 3.26. The van der Waals surface area contributed by atoms with Gasteiger partial charge in [0.2, 0.25) is 0 Å². The lowest BCUT2D eigenvalue weighted by molar-refractivity contribution is -0.186. The Kier molecular flexibility index (Phi) is 3.72. The molecule has 0 aliphatic heterocycles. The van der Waals surface area contributed by atoms with E-state index in [2.05, 4.69) is 0 Å². The highest BCUT2D eigenvalue weighted by molar-refractivity contribution is 5.90. The van der Waals surface area contributed by atoms with Gasteiger partial charge in [0.25, 0.3) is 0 Å².